The van der Waals surface area contributed by atoms with Crippen LogP contribution in [0.3, 0.4) is 0 Å². The van der Waals surface area contributed by atoms with E-state index in [2.05, 4.69) is 10.5 Å². The topological polar surface area (TPSA) is 80.2 Å². The number of amides is 2. The monoisotopic (exact) mass is 409 g/mol. The van der Waals surface area contributed by atoms with Crippen LogP contribution >= 0.6 is 0 Å². The van der Waals surface area contributed by atoms with Gasteiger partial charge in [0.15, 0.2) is 11.5 Å². The van der Waals surface area contributed by atoms with Gasteiger partial charge in [0.1, 0.15) is 0 Å². The van der Waals surface area contributed by atoms with E-state index in [1.54, 1.807) is 23.1 Å². The van der Waals surface area contributed by atoms with E-state index < -0.39 is 0 Å². The number of carbonyl (C=O) groups is 2. The van der Waals surface area contributed by atoms with Gasteiger partial charge in [-0.3, -0.25) is 9.59 Å². The molecule has 0 unspecified atom stereocenters. The fourth-order valence-electron chi connectivity index (χ4n) is 3.24. The van der Waals surface area contributed by atoms with Gasteiger partial charge in [-0.15, -0.1) is 0 Å². The van der Waals surface area contributed by atoms with Crippen molar-refractivity contribution in [3.63, 3.8) is 0 Å². The average molecular weight is 409 g/mol. The molecule has 2 aromatic carbocycles. The van der Waals surface area contributed by atoms with Crippen molar-refractivity contribution in [1.82, 2.24) is 5.43 Å². The highest BCUT2D eigenvalue weighted by atomic mass is 16.5. The summed E-state index contributed by atoms with van der Waals surface area (Å²) in [4.78, 5) is 26.3. The van der Waals surface area contributed by atoms with Crippen molar-refractivity contribution in [3.05, 3.63) is 53.6 Å². The third kappa shape index (κ3) is 4.97. The number of hydrogen-bond donors (Lipinski definition) is 1. The molecule has 0 aliphatic carbocycles. The Kier molecular flexibility index (Phi) is 6.72. The molecule has 30 heavy (non-hydrogen) atoms. The van der Waals surface area contributed by atoms with Gasteiger partial charge in [-0.1, -0.05) is 12.1 Å². The molecule has 7 nitrogen and oxygen atoms in total. The molecule has 1 saturated heterocycles. The van der Waals surface area contributed by atoms with Crippen molar-refractivity contribution in [2.45, 2.75) is 39.7 Å². The maximum absolute atomic E-state index is 12.5. The van der Waals surface area contributed by atoms with E-state index in [0.717, 1.165) is 24.2 Å². The molecule has 0 bridgehead atoms. The molecule has 0 radical (unpaired) electrons. The van der Waals surface area contributed by atoms with Crippen molar-refractivity contribution in [3.8, 4) is 11.5 Å². The molecular weight excluding hydrogens is 382 g/mol. The Bertz CT molecular complexity index is 969. The zero-order valence-electron chi connectivity index (χ0n) is 17.8. The normalized spacial score (nSPS) is 14.2. The minimum Gasteiger partial charge on any atom is -0.493 e. The molecule has 1 fully saturated rings. The molecule has 0 saturated carbocycles. The van der Waals surface area contributed by atoms with E-state index >= 15 is 0 Å². The maximum Gasteiger partial charge on any atom is 0.271 e. The number of hydrogen-bond acceptors (Lipinski definition) is 5. The van der Waals surface area contributed by atoms with Gasteiger partial charge in [-0.2, -0.15) is 5.10 Å². The minimum atomic E-state index is -0.352. The van der Waals surface area contributed by atoms with E-state index in [4.69, 9.17) is 9.47 Å². The average Bonchev–Trinajstić information content (AvgIpc) is 3.17. The smallest absolute Gasteiger partial charge is 0.271 e. The number of nitrogens with one attached hydrogen (secondary N) is 1. The Morgan fingerprint density at radius 1 is 1.13 bits per heavy atom. The molecule has 0 aromatic heterocycles. The third-order valence-corrected chi connectivity index (χ3v) is 4.76. The lowest BCUT2D eigenvalue weighted by molar-refractivity contribution is -0.117. The Balaban J connectivity index is 1.72. The third-order valence-electron chi connectivity index (χ3n) is 4.76. The van der Waals surface area contributed by atoms with Crippen molar-refractivity contribution in [2.75, 3.05) is 18.6 Å². The van der Waals surface area contributed by atoms with Crippen LogP contribution in [-0.2, 0) is 4.79 Å². The zero-order valence-corrected chi connectivity index (χ0v) is 17.8. The van der Waals surface area contributed by atoms with Gasteiger partial charge < -0.3 is 14.4 Å². The van der Waals surface area contributed by atoms with Crippen LogP contribution in [0.25, 0.3) is 0 Å². The number of benzene rings is 2. The summed E-state index contributed by atoms with van der Waals surface area (Å²) in [6, 6.07) is 12.6. The first kappa shape index (κ1) is 21.4. The number of ether oxygens (including phenoxy) is 2. The fourth-order valence-corrected chi connectivity index (χ4v) is 3.24. The number of methoxy groups -OCH3 is 1. The lowest BCUT2D eigenvalue weighted by Crippen LogP contribution is -2.24. The van der Waals surface area contributed by atoms with Crippen LogP contribution < -0.4 is 19.8 Å². The van der Waals surface area contributed by atoms with Crippen LogP contribution in [0.2, 0.25) is 0 Å². The number of hydrazone groups is 1. The van der Waals surface area contributed by atoms with Gasteiger partial charge in [-0.05, 0) is 63.1 Å². The van der Waals surface area contributed by atoms with Crippen LogP contribution in [-0.4, -0.2) is 37.3 Å². The van der Waals surface area contributed by atoms with Crippen molar-refractivity contribution in [2.24, 2.45) is 5.10 Å². The summed E-state index contributed by atoms with van der Waals surface area (Å²) in [5, 5.41) is 4.23. The number of rotatable bonds is 7. The second-order valence-electron chi connectivity index (χ2n) is 7.37. The first-order valence-electron chi connectivity index (χ1n) is 9.99. The first-order valence-corrected chi connectivity index (χ1v) is 9.99. The van der Waals surface area contributed by atoms with Crippen LogP contribution in [0.4, 0.5) is 5.69 Å². The summed E-state index contributed by atoms with van der Waals surface area (Å²) in [5.74, 6) is 0.848. The molecule has 2 amide bonds. The van der Waals surface area contributed by atoms with E-state index in [9.17, 15) is 9.59 Å². The highest BCUT2D eigenvalue weighted by Gasteiger charge is 2.21. The predicted molar refractivity (Wildman–Crippen MR) is 116 cm³/mol. The highest BCUT2D eigenvalue weighted by molar-refractivity contribution is 6.03. The molecule has 2 aromatic rings. The zero-order chi connectivity index (χ0) is 21.7. The summed E-state index contributed by atoms with van der Waals surface area (Å²) in [6.45, 7) is 6.39. The van der Waals surface area contributed by atoms with Crippen LogP contribution in [0.1, 0.15) is 49.5 Å². The van der Waals surface area contributed by atoms with Gasteiger partial charge in [0, 0.05) is 24.2 Å². The number of anilines is 1. The van der Waals surface area contributed by atoms with Gasteiger partial charge in [0.2, 0.25) is 5.91 Å². The molecule has 3 rings (SSSR count). The van der Waals surface area contributed by atoms with E-state index in [0.29, 0.717) is 29.2 Å². The minimum absolute atomic E-state index is 0.00237. The van der Waals surface area contributed by atoms with Gasteiger partial charge in [-0.25, -0.2) is 5.43 Å². The van der Waals surface area contributed by atoms with Gasteiger partial charge >= 0.3 is 0 Å². The lowest BCUT2D eigenvalue weighted by atomic mass is 10.1. The quantitative estimate of drug-likeness (QED) is 0.558. The molecule has 1 aliphatic rings. The molecule has 7 heteroatoms. The highest BCUT2D eigenvalue weighted by Crippen LogP contribution is 2.29. The molecule has 1 heterocycles. The standard InChI is InChI=1S/C23H27N3O4/c1-15(2)30-20-11-10-18(14-21(20)29-4)23(28)25-24-16(3)17-7-5-8-19(13-17)26-12-6-9-22(26)27/h5,7-8,10-11,13-15H,6,9,12H2,1-4H3,(H,25,28)/b24-16-. The van der Waals surface area contributed by atoms with Crippen molar-refractivity contribution < 1.29 is 19.1 Å². The number of nitrogens with zero attached hydrogens (tertiary/aromatic N) is 2. The summed E-state index contributed by atoms with van der Waals surface area (Å²) >= 11 is 0. The summed E-state index contributed by atoms with van der Waals surface area (Å²) in [6.07, 6.45) is 1.45. The van der Waals surface area contributed by atoms with Crippen LogP contribution in [0.5, 0.6) is 11.5 Å². The maximum atomic E-state index is 12.5. The number of carbonyl (C=O) groups excluding carboxylic acids is 2. The second kappa shape index (κ2) is 9.43. The van der Waals surface area contributed by atoms with E-state index in [1.165, 1.54) is 7.11 Å². The van der Waals surface area contributed by atoms with Crippen molar-refractivity contribution in [1.29, 1.82) is 0 Å². The summed E-state index contributed by atoms with van der Waals surface area (Å²) < 4.78 is 11.0. The fraction of sp³-hybridized carbons (Fsp3) is 0.348. The molecule has 158 valence electrons. The Morgan fingerprint density at radius 3 is 2.60 bits per heavy atom. The summed E-state index contributed by atoms with van der Waals surface area (Å²) in [5.41, 5.74) is 5.32. The Labute approximate surface area is 176 Å². The molecule has 0 atom stereocenters. The van der Waals surface area contributed by atoms with E-state index in [1.807, 2.05) is 45.0 Å². The van der Waals surface area contributed by atoms with E-state index in [-0.39, 0.29) is 17.9 Å². The first-order chi connectivity index (χ1) is 14.4. The SMILES string of the molecule is COc1cc(C(=O)N/N=C(/C)c2cccc(N3CCCC3=O)c2)ccc1OC(C)C. The van der Waals surface area contributed by atoms with Gasteiger partial charge in [0.25, 0.3) is 5.91 Å². The summed E-state index contributed by atoms with van der Waals surface area (Å²) in [7, 11) is 1.53. The predicted octanol–water partition coefficient (Wildman–Crippen LogP) is 3.76. The van der Waals surface area contributed by atoms with Crippen LogP contribution in [0, 0.1) is 0 Å². The molecule has 1 aliphatic heterocycles. The largest absolute Gasteiger partial charge is 0.493 e. The van der Waals surface area contributed by atoms with Crippen molar-refractivity contribution >= 4 is 23.2 Å². The molecule has 0 spiro atoms. The second-order valence-corrected chi connectivity index (χ2v) is 7.37. The molecular formula is C23H27N3O4. The Morgan fingerprint density at radius 2 is 1.93 bits per heavy atom. The Hall–Kier alpha value is -3.35. The molecule has 1 N–H and O–H groups in total. The van der Waals surface area contributed by atoms with Gasteiger partial charge in [0.05, 0.1) is 18.9 Å². The van der Waals surface area contributed by atoms with Crippen LogP contribution in [0.15, 0.2) is 47.6 Å². The lowest BCUT2D eigenvalue weighted by Gasteiger charge is -2.16.